The number of aliphatic hydroxyl groups excluding tert-OH is 1. The molecule has 0 aliphatic carbocycles. The normalized spacial score (nSPS) is 12.9. The van der Waals surface area contributed by atoms with Crippen LogP contribution in [0.3, 0.4) is 0 Å². The number of para-hydroxylation sites is 1. The van der Waals surface area contributed by atoms with Gasteiger partial charge in [0.05, 0.1) is 6.10 Å². The van der Waals surface area contributed by atoms with Gasteiger partial charge in [0.15, 0.2) is 11.5 Å². The van der Waals surface area contributed by atoms with Gasteiger partial charge < -0.3 is 15.3 Å². The molecule has 0 fully saturated rings. The molecule has 0 amide bonds. The van der Waals surface area contributed by atoms with Gasteiger partial charge >= 0.3 is 0 Å². The Labute approximate surface area is 64.5 Å². The van der Waals surface area contributed by atoms with Crippen LogP contribution in [0.4, 0.5) is 0 Å². The lowest BCUT2D eigenvalue weighted by Crippen LogP contribution is -1.90. The van der Waals surface area contributed by atoms with E-state index in [4.69, 9.17) is 15.3 Å². The zero-order valence-corrected chi connectivity index (χ0v) is 6.15. The maximum absolute atomic E-state index is 9.16. The van der Waals surface area contributed by atoms with E-state index in [1.54, 1.807) is 12.1 Å². The second-order valence-corrected chi connectivity index (χ2v) is 2.39. The van der Waals surface area contributed by atoms with Crippen LogP contribution in [-0.4, -0.2) is 15.3 Å². The monoisotopic (exact) mass is 154 g/mol. The second kappa shape index (κ2) is 2.80. The molecule has 0 spiro atoms. The van der Waals surface area contributed by atoms with Crippen molar-refractivity contribution in [1.29, 1.82) is 0 Å². The van der Waals surface area contributed by atoms with Crippen molar-refractivity contribution in [3.63, 3.8) is 0 Å². The van der Waals surface area contributed by atoms with E-state index in [9.17, 15) is 0 Å². The van der Waals surface area contributed by atoms with Crippen LogP contribution in [0, 0.1) is 0 Å². The molecule has 60 valence electrons. The van der Waals surface area contributed by atoms with Gasteiger partial charge in [-0.25, -0.2) is 0 Å². The van der Waals surface area contributed by atoms with Gasteiger partial charge in [-0.1, -0.05) is 12.1 Å². The van der Waals surface area contributed by atoms with Gasteiger partial charge in [0.25, 0.3) is 0 Å². The lowest BCUT2D eigenvalue weighted by atomic mass is 10.1. The van der Waals surface area contributed by atoms with Crippen LogP contribution in [0.1, 0.15) is 18.6 Å². The molecule has 1 rings (SSSR count). The van der Waals surface area contributed by atoms with Crippen LogP contribution in [-0.2, 0) is 0 Å². The number of hydrogen-bond donors (Lipinski definition) is 3. The SMILES string of the molecule is CC(O)c1cccc(O)c1O. The van der Waals surface area contributed by atoms with Gasteiger partial charge in [0.1, 0.15) is 0 Å². The van der Waals surface area contributed by atoms with E-state index in [0.29, 0.717) is 5.56 Å². The summed E-state index contributed by atoms with van der Waals surface area (Å²) in [6.07, 6.45) is -0.762. The summed E-state index contributed by atoms with van der Waals surface area (Å²) in [6.45, 7) is 1.52. The summed E-state index contributed by atoms with van der Waals surface area (Å²) < 4.78 is 0. The van der Waals surface area contributed by atoms with Crippen molar-refractivity contribution in [2.45, 2.75) is 13.0 Å². The van der Waals surface area contributed by atoms with Crippen molar-refractivity contribution in [3.05, 3.63) is 23.8 Å². The molecule has 1 aromatic carbocycles. The quantitative estimate of drug-likeness (QED) is 0.532. The summed E-state index contributed by atoms with van der Waals surface area (Å²) in [4.78, 5) is 0. The van der Waals surface area contributed by atoms with E-state index in [-0.39, 0.29) is 11.5 Å². The Morgan fingerprint density at radius 1 is 1.27 bits per heavy atom. The maximum Gasteiger partial charge on any atom is 0.163 e. The minimum atomic E-state index is -0.762. The highest BCUT2D eigenvalue weighted by Crippen LogP contribution is 2.31. The zero-order chi connectivity index (χ0) is 8.43. The molecule has 0 aliphatic rings. The van der Waals surface area contributed by atoms with Gasteiger partial charge in [0.2, 0.25) is 0 Å². The van der Waals surface area contributed by atoms with Crippen LogP contribution < -0.4 is 0 Å². The van der Waals surface area contributed by atoms with Crippen LogP contribution in [0.2, 0.25) is 0 Å². The van der Waals surface area contributed by atoms with Gasteiger partial charge in [-0.05, 0) is 13.0 Å². The number of aromatic hydroxyl groups is 2. The molecular formula is C8H10O3. The smallest absolute Gasteiger partial charge is 0.163 e. The molecule has 3 heteroatoms. The Morgan fingerprint density at radius 3 is 2.36 bits per heavy atom. The summed E-state index contributed by atoms with van der Waals surface area (Å²) in [6, 6.07) is 4.48. The van der Waals surface area contributed by atoms with E-state index in [0.717, 1.165) is 0 Å². The minimum absolute atomic E-state index is 0.205. The van der Waals surface area contributed by atoms with E-state index >= 15 is 0 Å². The summed E-state index contributed by atoms with van der Waals surface area (Å²) in [7, 11) is 0. The largest absolute Gasteiger partial charge is 0.504 e. The first kappa shape index (κ1) is 7.88. The number of benzene rings is 1. The molecular weight excluding hydrogens is 144 g/mol. The lowest BCUT2D eigenvalue weighted by Gasteiger charge is -2.07. The number of aliphatic hydroxyl groups is 1. The van der Waals surface area contributed by atoms with Crippen molar-refractivity contribution in [3.8, 4) is 11.5 Å². The second-order valence-electron chi connectivity index (χ2n) is 2.39. The fraction of sp³-hybridized carbons (Fsp3) is 0.250. The molecule has 0 aromatic heterocycles. The third kappa shape index (κ3) is 1.43. The summed E-state index contributed by atoms with van der Waals surface area (Å²) in [5.41, 5.74) is 0.338. The molecule has 3 nitrogen and oxygen atoms in total. The molecule has 0 bridgehead atoms. The number of phenols is 2. The van der Waals surface area contributed by atoms with Gasteiger partial charge in [-0.2, -0.15) is 0 Å². The van der Waals surface area contributed by atoms with E-state index in [2.05, 4.69) is 0 Å². The van der Waals surface area contributed by atoms with Crippen molar-refractivity contribution in [2.75, 3.05) is 0 Å². The predicted octanol–water partition coefficient (Wildman–Crippen LogP) is 1.15. The Morgan fingerprint density at radius 2 is 1.91 bits per heavy atom. The van der Waals surface area contributed by atoms with Crippen molar-refractivity contribution in [2.24, 2.45) is 0 Å². The molecule has 1 aromatic rings. The number of phenolic OH excluding ortho intramolecular Hbond substituents is 2. The lowest BCUT2D eigenvalue weighted by molar-refractivity contribution is 0.194. The summed E-state index contributed by atoms with van der Waals surface area (Å²) in [5, 5.41) is 27.2. The standard InChI is InChI=1S/C8H10O3/c1-5(9)6-3-2-4-7(10)8(6)11/h2-5,9-11H,1H3. The van der Waals surface area contributed by atoms with Crippen LogP contribution >= 0.6 is 0 Å². The average molecular weight is 154 g/mol. The van der Waals surface area contributed by atoms with Crippen LogP contribution in [0.15, 0.2) is 18.2 Å². The predicted molar refractivity (Wildman–Crippen MR) is 40.4 cm³/mol. The third-order valence-electron chi connectivity index (χ3n) is 1.50. The van der Waals surface area contributed by atoms with Gasteiger partial charge in [-0.3, -0.25) is 0 Å². The van der Waals surface area contributed by atoms with Crippen LogP contribution in [0.25, 0.3) is 0 Å². The summed E-state index contributed by atoms with van der Waals surface area (Å²) in [5.74, 6) is -0.453. The van der Waals surface area contributed by atoms with Crippen molar-refractivity contribution >= 4 is 0 Å². The minimum Gasteiger partial charge on any atom is -0.504 e. The Kier molecular flexibility index (Phi) is 2.01. The fourth-order valence-corrected chi connectivity index (χ4v) is 0.886. The molecule has 11 heavy (non-hydrogen) atoms. The molecule has 0 heterocycles. The first-order valence-corrected chi connectivity index (χ1v) is 3.32. The fourth-order valence-electron chi connectivity index (χ4n) is 0.886. The third-order valence-corrected chi connectivity index (χ3v) is 1.50. The molecule has 0 saturated heterocycles. The Balaban J connectivity index is 3.17. The van der Waals surface area contributed by atoms with Gasteiger partial charge in [-0.15, -0.1) is 0 Å². The van der Waals surface area contributed by atoms with Crippen molar-refractivity contribution in [1.82, 2.24) is 0 Å². The molecule has 0 aliphatic heterocycles. The molecule has 1 unspecified atom stereocenters. The first-order valence-electron chi connectivity index (χ1n) is 3.32. The van der Waals surface area contributed by atoms with Gasteiger partial charge in [0, 0.05) is 5.56 Å². The number of rotatable bonds is 1. The average Bonchev–Trinajstić information content (AvgIpc) is 1.94. The zero-order valence-electron chi connectivity index (χ0n) is 6.15. The highest BCUT2D eigenvalue weighted by Gasteiger charge is 2.09. The maximum atomic E-state index is 9.16. The first-order chi connectivity index (χ1) is 5.13. The molecule has 1 atom stereocenters. The molecule has 0 radical (unpaired) electrons. The Bertz CT molecular complexity index is 256. The number of hydrogen-bond acceptors (Lipinski definition) is 3. The molecule has 0 saturated carbocycles. The highest BCUT2D eigenvalue weighted by molar-refractivity contribution is 5.45. The topological polar surface area (TPSA) is 60.7 Å². The molecule has 3 N–H and O–H groups in total. The van der Waals surface area contributed by atoms with E-state index in [1.807, 2.05) is 0 Å². The van der Waals surface area contributed by atoms with Crippen LogP contribution in [0.5, 0.6) is 11.5 Å². The Hall–Kier alpha value is -1.22. The van der Waals surface area contributed by atoms with E-state index < -0.39 is 6.10 Å². The van der Waals surface area contributed by atoms with E-state index in [1.165, 1.54) is 13.0 Å². The highest BCUT2D eigenvalue weighted by atomic mass is 16.3. The summed E-state index contributed by atoms with van der Waals surface area (Å²) >= 11 is 0. The van der Waals surface area contributed by atoms with Crippen molar-refractivity contribution < 1.29 is 15.3 Å².